The van der Waals surface area contributed by atoms with Gasteiger partial charge in [0.25, 0.3) is 0 Å². The third-order valence-corrected chi connectivity index (χ3v) is 3.81. The lowest BCUT2D eigenvalue weighted by molar-refractivity contribution is 0.0696. The fourth-order valence-electron chi connectivity index (χ4n) is 1.57. The molecule has 1 unspecified atom stereocenters. The molecular formula is C13H15N3O2S. The third kappa shape index (κ3) is 3.59. The molecule has 2 N–H and O–H groups in total. The van der Waals surface area contributed by atoms with E-state index in [0.29, 0.717) is 6.54 Å². The fraction of sp³-hybridized carbons (Fsp3) is 0.308. The molecule has 0 saturated heterocycles. The number of hydrogen-bond donors (Lipinski definition) is 2. The summed E-state index contributed by atoms with van der Waals surface area (Å²) in [6, 6.07) is 3.43. The molecule has 0 aliphatic rings. The Kier molecular flexibility index (Phi) is 4.24. The first-order chi connectivity index (χ1) is 9.06. The maximum atomic E-state index is 10.7. The van der Waals surface area contributed by atoms with Crippen molar-refractivity contribution in [2.45, 2.75) is 26.4 Å². The van der Waals surface area contributed by atoms with Crippen LogP contribution in [0.15, 0.2) is 23.7 Å². The van der Waals surface area contributed by atoms with Gasteiger partial charge in [-0.05, 0) is 26.0 Å². The van der Waals surface area contributed by atoms with Crippen LogP contribution in [0.3, 0.4) is 0 Å². The summed E-state index contributed by atoms with van der Waals surface area (Å²) < 4.78 is 0. The molecule has 100 valence electrons. The first kappa shape index (κ1) is 13.6. The van der Waals surface area contributed by atoms with Crippen LogP contribution >= 0.6 is 11.3 Å². The Hall–Kier alpha value is -1.79. The van der Waals surface area contributed by atoms with Crippen LogP contribution in [0, 0.1) is 6.92 Å². The van der Waals surface area contributed by atoms with Gasteiger partial charge in [-0.2, -0.15) is 0 Å². The van der Waals surface area contributed by atoms with Gasteiger partial charge in [0.1, 0.15) is 5.01 Å². The van der Waals surface area contributed by atoms with Gasteiger partial charge in [0.2, 0.25) is 0 Å². The maximum Gasteiger partial charge on any atom is 0.337 e. The molecule has 0 aliphatic heterocycles. The van der Waals surface area contributed by atoms with Gasteiger partial charge >= 0.3 is 5.97 Å². The average Bonchev–Trinajstić information content (AvgIpc) is 2.83. The van der Waals surface area contributed by atoms with E-state index in [0.717, 1.165) is 16.4 Å². The van der Waals surface area contributed by atoms with Crippen LogP contribution in [0.5, 0.6) is 0 Å². The minimum absolute atomic E-state index is 0.152. The van der Waals surface area contributed by atoms with E-state index in [2.05, 4.69) is 15.3 Å². The Balaban J connectivity index is 1.93. The molecule has 2 heterocycles. The van der Waals surface area contributed by atoms with Crippen LogP contribution in [0.25, 0.3) is 0 Å². The van der Waals surface area contributed by atoms with E-state index < -0.39 is 5.97 Å². The van der Waals surface area contributed by atoms with Gasteiger partial charge in [-0.1, -0.05) is 0 Å². The number of aryl methyl sites for hydroxylation is 1. The van der Waals surface area contributed by atoms with E-state index in [4.69, 9.17) is 5.11 Å². The van der Waals surface area contributed by atoms with Crippen molar-refractivity contribution in [3.05, 3.63) is 45.7 Å². The minimum atomic E-state index is -0.960. The highest BCUT2D eigenvalue weighted by molar-refractivity contribution is 7.09. The van der Waals surface area contributed by atoms with Gasteiger partial charge in [0.15, 0.2) is 0 Å². The second kappa shape index (κ2) is 5.90. The maximum absolute atomic E-state index is 10.7. The summed E-state index contributed by atoms with van der Waals surface area (Å²) in [5.74, 6) is -0.960. The molecule has 2 aromatic rings. The number of carbonyl (C=O) groups is 1. The molecule has 0 amide bonds. The Labute approximate surface area is 115 Å². The molecule has 0 radical (unpaired) electrons. The van der Waals surface area contributed by atoms with Crippen molar-refractivity contribution in [3.63, 3.8) is 0 Å². The van der Waals surface area contributed by atoms with Crippen LogP contribution in [0.4, 0.5) is 0 Å². The highest BCUT2D eigenvalue weighted by Gasteiger charge is 2.09. The molecule has 0 fully saturated rings. The van der Waals surface area contributed by atoms with Crippen LogP contribution < -0.4 is 5.32 Å². The zero-order chi connectivity index (χ0) is 13.8. The molecule has 0 aliphatic carbocycles. The van der Waals surface area contributed by atoms with Gasteiger partial charge < -0.3 is 10.4 Å². The topological polar surface area (TPSA) is 75.1 Å². The quantitative estimate of drug-likeness (QED) is 0.877. The van der Waals surface area contributed by atoms with Crippen molar-refractivity contribution in [2.24, 2.45) is 0 Å². The van der Waals surface area contributed by atoms with Gasteiger partial charge in [-0.3, -0.25) is 4.98 Å². The number of carboxylic acid groups (broad SMARTS) is 1. The Morgan fingerprint density at radius 1 is 1.53 bits per heavy atom. The second-order valence-electron chi connectivity index (χ2n) is 4.27. The highest BCUT2D eigenvalue weighted by Crippen LogP contribution is 2.17. The first-order valence-electron chi connectivity index (χ1n) is 5.90. The summed E-state index contributed by atoms with van der Waals surface area (Å²) in [5.41, 5.74) is 2.04. The summed E-state index contributed by atoms with van der Waals surface area (Å²) in [5, 5.41) is 15.2. The van der Waals surface area contributed by atoms with Gasteiger partial charge in [-0.15, -0.1) is 11.3 Å². The molecule has 2 rings (SSSR count). The number of hydrogen-bond acceptors (Lipinski definition) is 5. The van der Waals surface area contributed by atoms with Crippen molar-refractivity contribution in [1.29, 1.82) is 0 Å². The van der Waals surface area contributed by atoms with Crippen LogP contribution in [0.1, 0.15) is 39.7 Å². The normalized spacial score (nSPS) is 12.3. The summed E-state index contributed by atoms with van der Waals surface area (Å²) in [4.78, 5) is 19.2. The Bertz CT molecular complexity index is 566. The van der Waals surface area contributed by atoms with Crippen LogP contribution in [0.2, 0.25) is 0 Å². The van der Waals surface area contributed by atoms with Crippen molar-refractivity contribution < 1.29 is 9.90 Å². The number of aromatic carboxylic acids is 1. The molecule has 6 heteroatoms. The lowest BCUT2D eigenvalue weighted by atomic mass is 10.2. The number of nitrogens with one attached hydrogen (secondary N) is 1. The zero-order valence-corrected chi connectivity index (χ0v) is 11.6. The van der Waals surface area contributed by atoms with Crippen molar-refractivity contribution >= 4 is 17.3 Å². The van der Waals surface area contributed by atoms with E-state index >= 15 is 0 Å². The minimum Gasteiger partial charge on any atom is -0.478 e. The average molecular weight is 277 g/mol. The Morgan fingerprint density at radius 3 is 2.84 bits per heavy atom. The monoisotopic (exact) mass is 277 g/mol. The molecule has 1 atom stereocenters. The molecule has 0 saturated carbocycles. The summed E-state index contributed by atoms with van der Waals surface area (Å²) in [7, 11) is 0. The molecule has 2 aromatic heterocycles. The first-order valence-corrected chi connectivity index (χ1v) is 6.78. The summed E-state index contributed by atoms with van der Waals surface area (Å²) in [6.45, 7) is 4.60. The predicted octanol–water partition coefficient (Wildman–Crippen LogP) is 2.40. The van der Waals surface area contributed by atoms with Gasteiger partial charge in [0, 0.05) is 23.8 Å². The zero-order valence-electron chi connectivity index (χ0n) is 10.8. The molecule has 19 heavy (non-hydrogen) atoms. The van der Waals surface area contributed by atoms with Crippen LogP contribution in [-0.2, 0) is 6.54 Å². The predicted molar refractivity (Wildman–Crippen MR) is 73.3 cm³/mol. The number of thiazole rings is 1. The van der Waals surface area contributed by atoms with E-state index in [1.165, 1.54) is 6.20 Å². The number of pyridine rings is 1. The van der Waals surface area contributed by atoms with E-state index in [1.54, 1.807) is 23.5 Å². The fourth-order valence-corrected chi connectivity index (χ4v) is 2.40. The number of carboxylic acids is 1. The Morgan fingerprint density at radius 2 is 2.32 bits per heavy atom. The summed E-state index contributed by atoms with van der Waals surface area (Å²) >= 11 is 1.63. The highest BCUT2D eigenvalue weighted by atomic mass is 32.1. The standard InChI is InChI=1S/C13H15N3O2S/c1-8-7-19-12(16-8)9(2)14-6-11-4-3-10(5-15-11)13(17)18/h3-5,7,9,14H,6H2,1-2H3,(H,17,18). The lowest BCUT2D eigenvalue weighted by Gasteiger charge is -2.10. The lowest BCUT2D eigenvalue weighted by Crippen LogP contribution is -2.18. The smallest absolute Gasteiger partial charge is 0.337 e. The van der Waals surface area contributed by atoms with E-state index in [9.17, 15) is 4.79 Å². The molecule has 0 aromatic carbocycles. The molecule has 0 bridgehead atoms. The number of rotatable bonds is 5. The van der Waals surface area contributed by atoms with E-state index in [-0.39, 0.29) is 11.6 Å². The van der Waals surface area contributed by atoms with Gasteiger partial charge in [0.05, 0.1) is 17.3 Å². The van der Waals surface area contributed by atoms with E-state index in [1.807, 2.05) is 19.2 Å². The van der Waals surface area contributed by atoms with Crippen molar-refractivity contribution in [2.75, 3.05) is 0 Å². The molecular weight excluding hydrogens is 262 g/mol. The number of nitrogens with zero attached hydrogens (tertiary/aromatic N) is 2. The van der Waals surface area contributed by atoms with Crippen molar-refractivity contribution in [1.82, 2.24) is 15.3 Å². The van der Waals surface area contributed by atoms with Crippen molar-refractivity contribution in [3.8, 4) is 0 Å². The van der Waals surface area contributed by atoms with Crippen LogP contribution in [-0.4, -0.2) is 21.0 Å². The molecule has 5 nitrogen and oxygen atoms in total. The second-order valence-corrected chi connectivity index (χ2v) is 5.16. The largest absolute Gasteiger partial charge is 0.478 e. The van der Waals surface area contributed by atoms with Gasteiger partial charge in [-0.25, -0.2) is 9.78 Å². The SMILES string of the molecule is Cc1csc(C(C)NCc2ccc(C(=O)O)cn2)n1. The third-order valence-electron chi connectivity index (χ3n) is 2.67. The molecule has 0 spiro atoms. The number of aromatic nitrogens is 2. The summed E-state index contributed by atoms with van der Waals surface area (Å²) in [6.07, 6.45) is 1.37.